The molecule has 0 aliphatic heterocycles. The van der Waals surface area contributed by atoms with Gasteiger partial charge in [0, 0.05) is 0 Å². The number of fused-ring (bicyclic) bond motifs is 1. The molecule has 1 fully saturated rings. The summed E-state index contributed by atoms with van der Waals surface area (Å²) in [6.07, 6.45) is -0.406. The molecule has 2 unspecified atom stereocenters. The molecule has 0 spiro atoms. The lowest BCUT2D eigenvalue weighted by molar-refractivity contribution is -0.136. The highest BCUT2D eigenvalue weighted by Gasteiger charge is 2.43. The minimum Gasteiger partial charge on any atom is -0.387 e. The quantitative estimate of drug-likeness (QED) is 0.897. The molecule has 2 atom stereocenters. The second kappa shape index (κ2) is 4.71. The monoisotopic (exact) mass is 318 g/mol. The van der Waals surface area contributed by atoms with E-state index in [4.69, 9.17) is 0 Å². The van der Waals surface area contributed by atoms with Crippen molar-refractivity contribution >= 4 is 16.2 Å². The van der Waals surface area contributed by atoms with E-state index in [1.807, 2.05) is 0 Å². The van der Waals surface area contributed by atoms with Crippen LogP contribution in [0, 0.1) is 11.3 Å². The Labute approximate surface area is 124 Å². The van der Waals surface area contributed by atoms with E-state index < -0.39 is 17.2 Å². The fourth-order valence-electron chi connectivity index (χ4n) is 3.27. The summed E-state index contributed by atoms with van der Waals surface area (Å²) in [4.78, 5) is 3.58. The van der Waals surface area contributed by atoms with E-state index in [1.165, 1.54) is 16.9 Å². The van der Waals surface area contributed by atoms with Crippen LogP contribution in [0.4, 0.5) is 13.2 Å². The molecule has 0 radical (unpaired) electrons. The molecule has 1 saturated carbocycles. The van der Waals surface area contributed by atoms with Gasteiger partial charge in [0.1, 0.15) is 16.0 Å². The highest BCUT2D eigenvalue weighted by molar-refractivity contribution is 7.17. The van der Waals surface area contributed by atoms with Gasteiger partial charge in [-0.2, -0.15) is 13.2 Å². The Kier molecular flexibility index (Phi) is 3.33. The van der Waals surface area contributed by atoms with E-state index in [-0.39, 0.29) is 17.0 Å². The van der Waals surface area contributed by atoms with E-state index in [9.17, 15) is 18.3 Å². The summed E-state index contributed by atoms with van der Waals surface area (Å²) >= 11 is 0.640. The first-order chi connectivity index (χ1) is 9.69. The van der Waals surface area contributed by atoms with Gasteiger partial charge in [-0.25, -0.2) is 4.98 Å². The first-order valence-electron chi connectivity index (χ1n) is 6.89. The van der Waals surface area contributed by atoms with Crippen LogP contribution in [-0.4, -0.2) is 14.5 Å². The van der Waals surface area contributed by atoms with Gasteiger partial charge in [0.05, 0.1) is 18.0 Å². The van der Waals surface area contributed by atoms with Crippen LogP contribution in [0.2, 0.25) is 0 Å². The van der Waals surface area contributed by atoms with Crippen molar-refractivity contribution < 1.29 is 18.3 Å². The van der Waals surface area contributed by atoms with Crippen molar-refractivity contribution in [3.8, 4) is 0 Å². The van der Waals surface area contributed by atoms with Crippen LogP contribution in [0.5, 0.6) is 0 Å². The summed E-state index contributed by atoms with van der Waals surface area (Å²) in [5.41, 5.74) is 0.0244. The van der Waals surface area contributed by atoms with Crippen LogP contribution in [0.1, 0.15) is 49.8 Å². The van der Waals surface area contributed by atoms with Gasteiger partial charge in [-0.05, 0) is 30.6 Å². The Hall–Kier alpha value is -1.08. The molecule has 3 rings (SSSR count). The van der Waals surface area contributed by atoms with E-state index in [0.29, 0.717) is 16.2 Å². The third-order valence-corrected chi connectivity index (χ3v) is 5.45. The maximum absolute atomic E-state index is 13.2. The molecular formula is C14H17F3N2OS. The molecule has 1 aliphatic rings. The maximum Gasteiger partial charge on any atom is 0.427 e. The average molecular weight is 318 g/mol. The number of hydrogen-bond donors (Lipinski definition) is 1. The molecule has 7 heteroatoms. The minimum atomic E-state index is -4.45. The number of thiazole rings is 1. The van der Waals surface area contributed by atoms with Gasteiger partial charge < -0.3 is 5.11 Å². The molecule has 3 nitrogen and oxygen atoms in total. The number of aromatic nitrogens is 2. The number of alkyl halides is 3. The molecule has 1 aliphatic carbocycles. The van der Waals surface area contributed by atoms with E-state index in [1.54, 1.807) is 0 Å². The number of rotatable bonds is 2. The van der Waals surface area contributed by atoms with Gasteiger partial charge >= 0.3 is 6.18 Å². The molecule has 0 aromatic carbocycles. The molecule has 0 bridgehead atoms. The van der Waals surface area contributed by atoms with Crippen LogP contribution < -0.4 is 0 Å². The number of hydrogen-bond acceptors (Lipinski definition) is 3. The van der Waals surface area contributed by atoms with Gasteiger partial charge in [-0.1, -0.05) is 13.8 Å². The lowest BCUT2D eigenvalue weighted by Crippen LogP contribution is -2.18. The molecular weight excluding hydrogens is 301 g/mol. The summed E-state index contributed by atoms with van der Waals surface area (Å²) in [6, 6.07) is 0. The zero-order valence-electron chi connectivity index (χ0n) is 11.8. The minimum absolute atomic E-state index is 0.0531. The van der Waals surface area contributed by atoms with Crippen LogP contribution in [-0.2, 0) is 6.18 Å². The lowest BCUT2D eigenvalue weighted by Gasteiger charge is -2.22. The summed E-state index contributed by atoms with van der Waals surface area (Å²) in [5.74, 6) is -0.138. The molecule has 1 N–H and O–H groups in total. The van der Waals surface area contributed by atoms with Crippen molar-refractivity contribution in [3.63, 3.8) is 0 Å². The Morgan fingerprint density at radius 3 is 2.76 bits per heavy atom. The third kappa shape index (κ3) is 2.57. The van der Waals surface area contributed by atoms with E-state index in [0.717, 1.165) is 19.3 Å². The first-order valence-corrected chi connectivity index (χ1v) is 7.71. The summed E-state index contributed by atoms with van der Waals surface area (Å²) < 4.78 is 41.1. The zero-order valence-corrected chi connectivity index (χ0v) is 12.6. The number of aliphatic hydroxyl groups is 1. The molecule has 2 aromatic rings. The fraction of sp³-hybridized carbons (Fsp3) is 0.643. The number of imidazole rings is 1. The van der Waals surface area contributed by atoms with Crippen LogP contribution in [0.25, 0.3) is 4.83 Å². The van der Waals surface area contributed by atoms with Gasteiger partial charge in [0.15, 0.2) is 0 Å². The Balaban J connectivity index is 2.04. The zero-order chi connectivity index (χ0) is 15.4. The summed E-state index contributed by atoms with van der Waals surface area (Å²) in [5, 5.41) is 10.6. The Bertz CT molecular complexity index is 659. The van der Waals surface area contributed by atoms with Crippen molar-refractivity contribution in [1.29, 1.82) is 0 Å². The smallest absolute Gasteiger partial charge is 0.387 e. The van der Waals surface area contributed by atoms with Crippen molar-refractivity contribution in [2.45, 2.75) is 45.4 Å². The van der Waals surface area contributed by atoms with Gasteiger partial charge in [0.2, 0.25) is 0 Å². The van der Waals surface area contributed by atoms with Gasteiger partial charge in [-0.3, -0.25) is 4.40 Å². The topological polar surface area (TPSA) is 37.5 Å². The second-order valence-electron chi connectivity index (χ2n) is 6.53. The lowest BCUT2D eigenvalue weighted by atomic mass is 9.88. The molecule has 116 valence electrons. The molecule has 0 saturated heterocycles. The summed E-state index contributed by atoms with van der Waals surface area (Å²) in [7, 11) is 0. The molecule has 2 heterocycles. The first kappa shape index (κ1) is 14.8. The highest BCUT2D eigenvalue weighted by atomic mass is 32.1. The number of aliphatic hydroxyl groups excluding tert-OH is 1. The second-order valence-corrected chi connectivity index (χ2v) is 7.56. The third-order valence-electron chi connectivity index (χ3n) is 4.29. The van der Waals surface area contributed by atoms with Gasteiger partial charge in [-0.15, -0.1) is 11.3 Å². The maximum atomic E-state index is 13.2. The Morgan fingerprint density at radius 2 is 2.19 bits per heavy atom. The van der Waals surface area contributed by atoms with Crippen molar-refractivity contribution in [2.24, 2.45) is 11.3 Å². The van der Waals surface area contributed by atoms with E-state index in [2.05, 4.69) is 18.8 Å². The number of halogens is 3. The van der Waals surface area contributed by atoms with E-state index >= 15 is 0 Å². The fourth-order valence-corrected chi connectivity index (χ4v) is 4.27. The van der Waals surface area contributed by atoms with Crippen molar-refractivity contribution in [1.82, 2.24) is 9.38 Å². The van der Waals surface area contributed by atoms with Crippen molar-refractivity contribution in [3.05, 3.63) is 23.1 Å². The highest BCUT2D eigenvalue weighted by Crippen LogP contribution is 2.49. The molecule has 2 aromatic heterocycles. The van der Waals surface area contributed by atoms with Crippen molar-refractivity contribution in [2.75, 3.05) is 0 Å². The number of nitrogens with zero attached hydrogens (tertiary/aromatic N) is 2. The predicted octanol–water partition coefficient (Wildman–Crippen LogP) is 4.27. The van der Waals surface area contributed by atoms with Crippen LogP contribution >= 0.6 is 11.3 Å². The molecule has 0 amide bonds. The van der Waals surface area contributed by atoms with Crippen LogP contribution in [0.3, 0.4) is 0 Å². The summed E-state index contributed by atoms with van der Waals surface area (Å²) in [6.45, 7) is 4.18. The Morgan fingerprint density at radius 1 is 1.48 bits per heavy atom. The van der Waals surface area contributed by atoms with Crippen LogP contribution in [0.15, 0.2) is 12.5 Å². The largest absolute Gasteiger partial charge is 0.427 e. The average Bonchev–Trinajstić information content (AvgIpc) is 2.99. The standard InChI is InChI=1S/C14H17F3N2OS/c1-13(2)4-3-8(5-13)11(20)10-12(14(15,16)17)21-9-6-18-7-19(9)10/h6-8,11,20H,3-5H2,1-2H3. The normalized spacial score (nSPS) is 23.8. The SMILES string of the molecule is CC1(C)CCC(C(O)c2c(C(F)(F)F)sc3cncn23)C1. The van der Waals surface area contributed by atoms with Gasteiger partial charge in [0.25, 0.3) is 0 Å². The predicted molar refractivity (Wildman–Crippen MR) is 74.2 cm³/mol. The molecule has 21 heavy (non-hydrogen) atoms.